The van der Waals surface area contributed by atoms with Gasteiger partial charge in [-0.2, -0.15) is 0 Å². The van der Waals surface area contributed by atoms with Gasteiger partial charge in [-0.1, -0.05) is 11.6 Å². The number of rotatable bonds is 0. The average molecular weight is 241 g/mol. The SMILES string of the molecule is ClC1=CC=C(I)CN1. The zero-order valence-electron chi connectivity index (χ0n) is 4.12. The van der Waals surface area contributed by atoms with Gasteiger partial charge >= 0.3 is 0 Å². The van der Waals surface area contributed by atoms with Crippen molar-refractivity contribution in [2.24, 2.45) is 0 Å². The Balaban J connectivity index is 2.65. The van der Waals surface area contributed by atoms with Gasteiger partial charge in [-0.25, -0.2) is 0 Å². The normalized spacial score (nSPS) is 18.8. The van der Waals surface area contributed by atoms with Crippen molar-refractivity contribution in [2.45, 2.75) is 0 Å². The molecule has 0 saturated carbocycles. The molecule has 0 saturated heterocycles. The molecule has 0 spiro atoms. The van der Waals surface area contributed by atoms with Crippen LogP contribution >= 0.6 is 34.2 Å². The van der Waals surface area contributed by atoms with E-state index in [0.717, 1.165) is 11.7 Å². The molecule has 1 nitrogen and oxygen atoms in total. The predicted octanol–water partition coefficient (Wildman–Crippen LogP) is 1.99. The highest BCUT2D eigenvalue weighted by molar-refractivity contribution is 14.1. The number of allylic oxidation sites excluding steroid dienone is 2. The summed E-state index contributed by atoms with van der Waals surface area (Å²) in [6.07, 6.45) is 3.85. The topological polar surface area (TPSA) is 12.0 Å². The van der Waals surface area contributed by atoms with Crippen molar-refractivity contribution in [3.8, 4) is 0 Å². The second-order valence-electron chi connectivity index (χ2n) is 1.48. The van der Waals surface area contributed by atoms with Crippen molar-refractivity contribution in [1.29, 1.82) is 0 Å². The smallest absolute Gasteiger partial charge is 0.102 e. The van der Waals surface area contributed by atoms with Crippen molar-refractivity contribution in [2.75, 3.05) is 6.54 Å². The maximum absolute atomic E-state index is 5.58. The van der Waals surface area contributed by atoms with Crippen LogP contribution in [-0.2, 0) is 0 Å². The number of halogens is 2. The monoisotopic (exact) mass is 241 g/mol. The van der Waals surface area contributed by atoms with Crippen LogP contribution in [0.1, 0.15) is 0 Å². The van der Waals surface area contributed by atoms with Gasteiger partial charge in [0.2, 0.25) is 0 Å². The highest BCUT2D eigenvalue weighted by Gasteiger charge is 1.96. The van der Waals surface area contributed by atoms with E-state index in [0.29, 0.717) is 0 Å². The van der Waals surface area contributed by atoms with E-state index in [4.69, 9.17) is 11.6 Å². The van der Waals surface area contributed by atoms with Crippen LogP contribution in [0.2, 0.25) is 0 Å². The lowest BCUT2D eigenvalue weighted by molar-refractivity contribution is 0.945. The number of nitrogens with one attached hydrogen (secondary N) is 1. The van der Waals surface area contributed by atoms with Gasteiger partial charge in [0.1, 0.15) is 5.16 Å². The van der Waals surface area contributed by atoms with Crippen LogP contribution in [-0.4, -0.2) is 6.54 Å². The minimum Gasteiger partial charge on any atom is -0.371 e. The van der Waals surface area contributed by atoms with Crippen LogP contribution < -0.4 is 5.32 Å². The van der Waals surface area contributed by atoms with E-state index in [1.807, 2.05) is 12.2 Å². The van der Waals surface area contributed by atoms with Crippen LogP contribution in [0.15, 0.2) is 20.9 Å². The molecule has 8 heavy (non-hydrogen) atoms. The summed E-state index contributed by atoms with van der Waals surface area (Å²) in [5.41, 5.74) is 0. The Morgan fingerprint density at radius 2 is 2.38 bits per heavy atom. The quantitative estimate of drug-likeness (QED) is 0.505. The van der Waals surface area contributed by atoms with Gasteiger partial charge in [0.25, 0.3) is 0 Å². The number of dihydropyridines is 1. The van der Waals surface area contributed by atoms with Crippen molar-refractivity contribution >= 4 is 34.2 Å². The highest BCUT2D eigenvalue weighted by atomic mass is 127. The summed E-state index contributed by atoms with van der Waals surface area (Å²) in [4.78, 5) is 0. The Labute approximate surface area is 66.9 Å². The van der Waals surface area contributed by atoms with E-state index in [1.54, 1.807) is 0 Å². The van der Waals surface area contributed by atoms with Gasteiger partial charge in [0, 0.05) is 10.1 Å². The van der Waals surface area contributed by atoms with Crippen molar-refractivity contribution < 1.29 is 0 Å². The molecule has 0 unspecified atom stereocenters. The second kappa shape index (κ2) is 2.73. The summed E-state index contributed by atoms with van der Waals surface area (Å²) in [7, 11) is 0. The predicted molar refractivity (Wildman–Crippen MR) is 44.0 cm³/mol. The molecule has 0 amide bonds. The van der Waals surface area contributed by atoms with Crippen molar-refractivity contribution in [3.05, 3.63) is 20.9 Å². The van der Waals surface area contributed by atoms with Gasteiger partial charge in [0.15, 0.2) is 0 Å². The molecule has 0 fully saturated rings. The molecule has 1 aliphatic heterocycles. The molecule has 1 N–H and O–H groups in total. The molecular formula is C5H5ClIN. The Bertz CT molecular complexity index is 133. The van der Waals surface area contributed by atoms with E-state index in [-0.39, 0.29) is 0 Å². The maximum atomic E-state index is 5.58. The fourth-order valence-corrected chi connectivity index (χ4v) is 0.951. The first-order valence-corrected chi connectivity index (χ1v) is 3.70. The average Bonchev–Trinajstić information content (AvgIpc) is 1.77. The lowest BCUT2D eigenvalue weighted by atomic mass is 10.4. The molecule has 0 aromatic rings. The third-order valence-electron chi connectivity index (χ3n) is 0.837. The second-order valence-corrected chi connectivity index (χ2v) is 3.27. The van der Waals surface area contributed by atoms with Gasteiger partial charge in [0.05, 0.1) is 0 Å². The van der Waals surface area contributed by atoms with Gasteiger partial charge in [-0.15, -0.1) is 0 Å². The molecule has 1 heterocycles. The molecule has 44 valence electrons. The third kappa shape index (κ3) is 1.67. The van der Waals surface area contributed by atoms with Gasteiger partial charge in [-0.05, 0) is 34.7 Å². The molecule has 0 aliphatic carbocycles. The van der Waals surface area contributed by atoms with E-state index in [1.165, 1.54) is 3.58 Å². The summed E-state index contributed by atoms with van der Waals surface area (Å²) in [6, 6.07) is 0. The Morgan fingerprint density at radius 3 is 2.75 bits per heavy atom. The molecule has 1 rings (SSSR count). The molecule has 1 aliphatic rings. The van der Waals surface area contributed by atoms with Crippen LogP contribution in [0.3, 0.4) is 0 Å². The van der Waals surface area contributed by atoms with Crippen molar-refractivity contribution in [1.82, 2.24) is 5.32 Å². The fourth-order valence-electron chi connectivity index (χ4n) is 0.450. The lowest BCUT2D eigenvalue weighted by Crippen LogP contribution is -2.13. The summed E-state index contributed by atoms with van der Waals surface area (Å²) in [6.45, 7) is 0.871. The van der Waals surface area contributed by atoms with Crippen LogP contribution in [0.5, 0.6) is 0 Å². The standard InChI is InChI=1S/C5H5ClIN/c6-5-2-1-4(7)3-8-5/h1-2,8H,3H2. The molecule has 0 radical (unpaired) electrons. The zero-order chi connectivity index (χ0) is 5.98. The van der Waals surface area contributed by atoms with E-state index in [2.05, 4.69) is 27.9 Å². The molecule has 3 heteroatoms. The first-order valence-electron chi connectivity index (χ1n) is 2.25. The van der Waals surface area contributed by atoms with Crippen LogP contribution in [0.25, 0.3) is 0 Å². The molecule has 0 bridgehead atoms. The van der Waals surface area contributed by atoms with Crippen molar-refractivity contribution in [3.63, 3.8) is 0 Å². The maximum Gasteiger partial charge on any atom is 0.102 e. The highest BCUT2D eigenvalue weighted by Crippen LogP contribution is 2.11. The van der Waals surface area contributed by atoms with E-state index >= 15 is 0 Å². The summed E-state index contributed by atoms with van der Waals surface area (Å²) in [5, 5.41) is 3.71. The Morgan fingerprint density at radius 1 is 1.62 bits per heavy atom. The number of hydrogen-bond acceptors (Lipinski definition) is 1. The van der Waals surface area contributed by atoms with Gasteiger partial charge in [-0.3, -0.25) is 0 Å². The summed E-state index contributed by atoms with van der Waals surface area (Å²) in [5.74, 6) is 0. The third-order valence-corrected chi connectivity index (χ3v) is 1.84. The first kappa shape index (κ1) is 6.42. The minimum atomic E-state index is 0.727. The minimum absolute atomic E-state index is 0.727. The van der Waals surface area contributed by atoms with Crippen LogP contribution in [0, 0.1) is 0 Å². The molecule has 0 atom stereocenters. The lowest BCUT2D eigenvalue weighted by Gasteiger charge is -2.06. The zero-order valence-corrected chi connectivity index (χ0v) is 7.03. The van der Waals surface area contributed by atoms with E-state index < -0.39 is 0 Å². The first-order chi connectivity index (χ1) is 3.79. The summed E-state index contributed by atoms with van der Waals surface area (Å²) >= 11 is 7.85. The van der Waals surface area contributed by atoms with Gasteiger partial charge < -0.3 is 5.32 Å². The summed E-state index contributed by atoms with van der Waals surface area (Å²) < 4.78 is 1.28. The molecule has 0 aromatic heterocycles. The fraction of sp³-hybridized carbons (Fsp3) is 0.200. The van der Waals surface area contributed by atoms with Crippen LogP contribution in [0.4, 0.5) is 0 Å². The number of hydrogen-bond donors (Lipinski definition) is 1. The Kier molecular flexibility index (Phi) is 2.19. The molecule has 0 aromatic carbocycles. The largest absolute Gasteiger partial charge is 0.371 e. The Hall–Kier alpha value is 0.300. The molecular weight excluding hydrogens is 236 g/mol. The van der Waals surface area contributed by atoms with E-state index in [9.17, 15) is 0 Å².